The molecule has 2 aromatic rings. The van der Waals surface area contributed by atoms with Crippen LogP contribution in [0.5, 0.6) is 5.75 Å². The second kappa shape index (κ2) is 9.22. The molecule has 0 radical (unpaired) electrons. The fourth-order valence-electron chi connectivity index (χ4n) is 5.88. The van der Waals surface area contributed by atoms with Crippen molar-refractivity contribution in [3.05, 3.63) is 65.7 Å². The van der Waals surface area contributed by atoms with Gasteiger partial charge in [-0.2, -0.15) is 0 Å². The molecule has 1 saturated heterocycles. The summed E-state index contributed by atoms with van der Waals surface area (Å²) < 4.78 is 5.37. The molecule has 1 saturated carbocycles. The van der Waals surface area contributed by atoms with Crippen molar-refractivity contribution in [3.63, 3.8) is 0 Å². The highest BCUT2D eigenvalue weighted by molar-refractivity contribution is 5.70. The Balaban J connectivity index is 1.60. The fraction of sp³-hybridized carbons (Fsp3) is 0.500. The van der Waals surface area contributed by atoms with Gasteiger partial charge in [-0.3, -0.25) is 9.69 Å². The summed E-state index contributed by atoms with van der Waals surface area (Å²) in [5, 5.41) is 10.2. The maximum absolute atomic E-state index is 12.6. The zero-order valence-corrected chi connectivity index (χ0v) is 17.9. The lowest BCUT2D eigenvalue weighted by Gasteiger charge is -2.56. The first-order valence-electron chi connectivity index (χ1n) is 11.4. The number of hydrogen-bond donors (Lipinski definition) is 1. The van der Waals surface area contributed by atoms with E-state index in [0.717, 1.165) is 45.2 Å². The predicted molar refractivity (Wildman–Crippen MR) is 118 cm³/mol. The molecule has 3 atom stereocenters. The predicted octanol–water partition coefficient (Wildman–Crippen LogP) is 4.70. The Bertz CT molecular complexity index is 852. The van der Waals surface area contributed by atoms with Gasteiger partial charge in [0.1, 0.15) is 5.75 Å². The van der Waals surface area contributed by atoms with E-state index in [1.165, 1.54) is 11.1 Å². The minimum atomic E-state index is -0.0937. The van der Waals surface area contributed by atoms with Gasteiger partial charge >= 0.3 is 5.97 Å². The third-order valence-electron chi connectivity index (χ3n) is 7.25. The molecule has 1 aliphatic carbocycles. The second-order valence-electron chi connectivity index (χ2n) is 8.80. The summed E-state index contributed by atoms with van der Waals surface area (Å²) >= 11 is 0. The molecule has 0 aromatic heterocycles. The Labute approximate surface area is 179 Å². The molecule has 2 aliphatic rings. The molecule has 2 fully saturated rings. The lowest BCUT2D eigenvalue weighted by Crippen LogP contribution is -2.59. The van der Waals surface area contributed by atoms with E-state index in [0.29, 0.717) is 24.8 Å². The molecule has 4 heteroatoms. The number of nitrogens with zero attached hydrogens (tertiary/aromatic N) is 1. The molecular formula is C26H33NO3. The minimum absolute atomic E-state index is 0.0579. The van der Waals surface area contributed by atoms with Crippen LogP contribution in [0.25, 0.3) is 0 Å². The maximum Gasteiger partial charge on any atom is 0.306 e. The van der Waals surface area contributed by atoms with Crippen molar-refractivity contribution in [3.8, 4) is 5.75 Å². The van der Waals surface area contributed by atoms with Gasteiger partial charge in [-0.1, -0.05) is 48.9 Å². The van der Waals surface area contributed by atoms with Crippen molar-refractivity contribution in [2.45, 2.75) is 56.9 Å². The zero-order chi connectivity index (χ0) is 21.0. The summed E-state index contributed by atoms with van der Waals surface area (Å²) in [6.07, 6.45) is 5.86. The van der Waals surface area contributed by atoms with Gasteiger partial charge in [0.25, 0.3) is 0 Å². The topological polar surface area (TPSA) is 49.8 Å². The number of fused-ring (bicyclic) bond motifs is 2. The van der Waals surface area contributed by atoms with Crippen LogP contribution in [0.15, 0.2) is 54.6 Å². The van der Waals surface area contributed by atoms with Crippen LogP contribution in [-0.4, -0.2) is 41.7 Å². The van der Waals surface area contributed by atoms with Crippen molar-refractivity contribution >= 4 is 5.97 Å². The summed E-state index contributed by atoms with van der Waals surface area (Å²) in [5.41, 5.74) is 2.49. The number of esters is 1. The van der Waals surface area contributed by atoms with Crippen LogP contribution in [-0.2, 0) is 21.4 Å². The quantitative estimate of drug-likeness (QED) is 0.676. The molecule has 2 bridgehead atoms. The highest BCUT2D eigenvalue weighted by Gasteiger charge is 2.52. The van der Waals surface area contributed by atoms with Crippen LogP contribution in [0.1, 0.15) is 50.2 Å². The molecule has 1 heterocycles. The Morgan fingerprint density at radius 1 is 1.17 bits per heavy atom. The van der Waals surface area contributed by atoms with E-state index in [1.54, 1.807) is 6.07 Å². The number of phenolic OH excluding ortho intramolecular Hbond substituents is 1. The van der Waals surface area contributed by atoms with Gasteiger partial charge in [0, 0.05) is 18.0 Å². The van der Waals surface area contributed by atoms with Gasteiger partial charge in [-0.15, -0.1) is 0 Å². The normalized spacial score (nSPS) is 26.3. The van der Waals surface area contributed by atoms with E-state index >= 15 is 0 Å². The Morgan fingerprint density at radius 3 is 2.77 bits per heavy atom. The monoisotopic (exact) mass is 407 g/mol. The van der Waals surface area contributed by atoms with Crippen LogP contribution in [0, 0.1) is 5.92 Å². The van der Waals surface area contributed by atoms with E-state index in [4.69, 9.17) is 4.74 Å². The lowest BCUT2D eigenvalue weighted by molar-refractivity contribution is -0.147. The highest BCUT2D eigenvalue weighted by atomic mass is 16.5. The van der Waals surface area contributed by atoms with Gasteiger partial charge in [0.2, 0.25) is 0 Å². The van der Waals surface area contributed by atoms with Crippen LogP contribution < -0.4 is 0 Å². The van der Waals surface area contributed by atoms with Gasteiger partial charge in [-0.25, -0.2) is 0 Å². The number of carbonyl (C=O) groups excluding carboxylic acids is 1. The van der Waals surface area contributed by atoms with Gasteiger partial charge in [-0.05, 0) is 68.3 Å². The third kappa shape index (κ3) is 4.24. The molecule has 160 valence electrons. The molecule has 30 heavy (non-hydrogen) atoms. The zero-order valence-electron chi connectivity index (χ0n) is 17.9. The van der Waals surface area contributed by atoms with E-state index in [1.807, 2.05) is 19.1 Å². The Hall–Kier alpha value is -2.33. The van der Waals surface area contributed by atoms with E-state index in [-0.39, 0.29) is 17.3 Å². The standard InChI is InChI=1S/C26H33NO3/c1-2-30-25(29)19-23-24-12-7-14-26(23,21-10-6-11-22(28)18-21)15-17-27(24)16-13-20-8-4-3-5-9-20/h3-6,8-11,18,23-24,28H,2,7,12-17,19H2,1H3/t23-,24-,26-/m0/s1. The number of carbonyl (C=O) groups is 1. The molecule has 0 unspecified atom stereocenters. The van der Waals surface area contributed by atoms with Crippen molar-refractivity contribution in [2.24, 2.45) is 5.92 Å². The molecule has 1 aliphatic heterocycles. The maximum atomic E-state index is 12.6. The smallest absolute Gasteiger partial charge is 0.306 e. The van der Waals surface area contributed by atoms with Gasteiger partial charge in [0.15, 0.2) is 0 Å². The van der Waals surface area contributed by atoms with E-state index in [9.17, 15) is 9.90 Å². The van der Waals surface area contributed by atoms with Crippen LogP contribution in [0.4, 0.5) is 0 Å². The van der Waals surface area contributed by atoms with Crippen LogP contribution >= 0.6 is 0 Å². The van der Waals surface area contributed by atoms with Crippen molar-refractivity contribution in [1.82, 2.24) is 4.90 Å². The number of likely N-dealkylation sites (tertiary alicyclic amines) is 1. The number of piperidine rings is 1. The first-order valence-corrected chi connectivity index (χ1v) is 11.4. The largest absolute Gasteiger partial charge is 0.508 e. The number of ether oxygens (including phenoxy) is 1. The van der Waals surface area contributed by atoms with Gasteiger partial charge < -0.3 is 9.84 Å². The first kappa shape index (κ1) is 20.9. The summed E-state index contributed by atoms with van der Waals surface area (Å²) in [5.74, 6) is 0.436. The molecular weight excluding hydrogens is 374 g/mol. The molecule has 0 amide bonds. The average molecular weight is 408 g/mol. The summed E-state index contributed by atoms with van der Waals surface area (Å²) in [7, 11) is 0. The molecule has 4 rings (SSSR count). The average Bonchev–Trinajstić information content (AvgIpc) is 2.74. The Kier molecular flexibility index (Phi) is 6.43. The first-order chi connectivity index (χ1) is 14.6. The SMILES string of the molecule is CCOC(=O)C[C@H]1[C@@H]2CCC[C@@]1(c1cccc(O)c1)CCN2CCc1ccccc1. The van der Waals surface area contributed by atoms with Crippen LogP contribution in [0.3, 0.4) is 0 Å². The molecule has 2 aromatic carbocycles. The molecule has 4 nitrogen and oxygen atoms in total. The number of hydrogen-bond acceptors (Lipinski definition) is 4. The number of phenols is 1. The lowest BCUT2D eigenvalue weighted by atomic mass is 9.56. The van der Waals surface area contributed by atoms with Crippen molar-refractivity contribution in [1.29, 1.82) is 0 Å². The summed E-state index contributed by atoms with van der Waals surface area (Å²) in [4.78, 5) is 15.2. The van der Waals surface area contributed by atoms with Crippen molar-refractivity contribution < 1.29 is 14.6 Å². The highest BCUT2D eigenvalue weighted by Crippen LogP contribution is 2.52. The Morgan fingerprint density at radius 2 is 2.00 bits per heavy atom. The number of rotatable bonds is 7. The third-order valence-corrected chi connectivity index (χ3v) is 7.25. The number of aromatic hydroxyl groups is 1. The summed E-state index contributed by atoms with van der Waals surface area (Å²) in [6.45, 7) is 4.35. The molecule has 1 N–H and O–H groups in total. The van der Waals surface area contributed by atoms with Crippen molar-refractivity contribution in [2.75, 3.05) is 19.7 Å². The summed E-state index contributed by atoms with van der Waals surface area (Å²) in [6, 6.07) is 18.7. The second-order valence-corrected chi connectivity index (χ2v) is 8.80. The van der Waals surface area contributed by atoms with Gasteiger partial charge in [0.05, 0.1) is 13.0 Å². The van der Waals surface area contributed by atoms with Crippen LogP contribution in [0.2, 0.25) is 0 Å². The molecule has 0 spiro atoms. The minimum Gasteiger partial charge on any atom is -0.508 e. The van der Waals surface area contributed by atoms with E-state index in [2.05, 4.69) is 41.3 Å². The number of benzene rings is 2. The van der Waals surface area contributed by atoms with E-state index < -0.39 is 0 Å². The fourth-order valence-corrected chi connectivity index (χ4v) is 5.88.